The van der Waals surface area contributed by atoms with E-state index in [1.54, 1.807) is 12.1 Å². The van der Waals surface area contributed by atoms with Gasteiger partial charge in [0.15, 0.2) is 5.82 Å². The molecule has 2 amide bonds. The number of benzene rings is 1. The van der Waals surface area contributed by atoms with Crippen molar-refractivity contribution in [1.82, 2.24) is 19.5 Å². The Kier molecular flexibility index (Phi) is 5.78. The molecule has 0 bridgehead atoms. The van der Waals surface area contributed by atoms with Crippen LogP contribution in [-0.2, 0) is 19.6 Å². The van der Waals surface area contributed by atoms with Gasteiger partial charge in [0.25, 0.3) is 0 Å². The minimum absolute atomic E-state index is 0.0474. The number of imide groups is 1. The first-order valence-corrected chi connectivity index (χ1v) is 11.1. The lowest BCUT2D eigenvalue weighted by Crippen LogP contribution is -2.30. The predicted molar refractivity (Wildman–Crippen MR) is 113 cm³/mol. The Morgan fingerprint density at radius 2 is 1.55 bits per heavy atom. The maximum absolute atomic E-state index is 12.5. The van der Waals surface area contributed by atoms with E-state index in [1.165, 1.54) is 24.3 Å². The summed E-state index contributed by atoms with van der Waals surface area (Å²) in [5.74, 6) is 0.639. The normalized spacial score (nSPS) is 14.3. The molecule has 1 aromatic carbocycles. The fraction of sp³-hybridized carbons (Fsp3) is 0.200. The van der Waals surface area contributed by atoms with Crippen LogP contribution in [0.2, 0.25) is 0 Å². The van der Waals surface area contributed by atoms with Gasteiger partial charge in [0, 0.05) is 38.3 Å². The Morgan fingerprint density at radius 3 is 2.16 bits per heavy atom. The Bertz CT molecular complexity index is 1160. The maximum Gasteiger partial charge on any atom is 0.240 e. The van der Waals surface area contributed by atoms with E-state index in [2.05, 4.69) is 20.2 Å². The third-order valence-electron chi connectivity index (χ3n) is 4.70. The summed E-state index contributed by atoms with van der Waals surface area (Å²) in [5.41, 5.74) is 0.370. The van der Waals surface area contributed by atoms with Crippen molar-refractivity contribution in [2.24, 2.45) is 0 Å². The average molecular weight is 440 g/mol. The van der Waals surface area contributed by atoms with Crippen LogP contribution in [0, 0.1) is 0 Å². The molecule has 0 aliphatic carbocycles. The second kappa shape index (κ2) is 8.66. The van der Waals surface area contributed by atoms with Crippen molar-refractivity contribution >= 4 is 33.3 Å². The molecule has 11 heteroatoms. The van der Waals surface area contributed by atoms with Crippen molar-refractivity contribution in [3.05, 3.63) is 60.9 Å². The van der Waals surface area contributed by atoms with E-state index < -0.39 is 10.0 Å². The molecule has 0 spiro atoms. The molecule has 1 aliphatic rings. The highest BCUT2D eigenvalue weighted by Crippen LogP contribution is 2.23. The number of sulfonamides is 1. The molecule has 3 aromatic rings. The van der Waals surface area contributed by atoms with Gasteiger partial charge in [0.2, 0.25) is 21.8 Å². The van der Waals surface area contributed by atoms with Crippen LogP contribution in [0.15, 0.2) is 65.8 Å². The molecule has 0 saturated carbocycles. The summed E-state index contributed by atoms with van der Waals surface area (Å²) >= 11 is 0. The third kappa shape index (κ3) is 4.62. The van der Waals surface area contributed by atoms with E-state index >= 15 is 0 Å². The van der Waals surface area contributed by atoms with Crippen molar-refractivity contribution in [2.45, 2.75) is 17.7 Å². The van der Waals surface area contributed by atoms with E-state index in [0.717, 1.165) is 4.90 Å². The molecule has 4 rings (SSSR count). The minimum Gasteiger partial charge on any atom is -0.367 e. The van der Waals surface area contributed by atoms with E-state index in [1.807, 2.05) is 29.1 Å². The number of carbonyl (C=O) groups is 2. The van der Waals surface area contributed by atoms with Gasteiger partial charge in [0.05, 0.1) is 10.6 Å². The van der Waals surface area contributed by atoms with Crippen LogP contribution in [0.4, 0.5) is 11.5 Å². The van der Waals surface area contributed by atoms with Gasteiger partial charge >= 0.3 is 0 Å². The zero-order valence-corrected chi connectivity index (χ0v) is 17.2. The highest BCUT2D eigenvalue weighted by Gasteiger charge is 2.30. The number of rotatable bonds is 8. The minimum atomic E-state index is -3.74. The topological polar surface area (TPSA) is 126 Å². The van der Waals surface area contributed by atoms with Gasteiger partial charge in [0.1, 0.15) is 5.82 Å². The number of amides is 2. The van der Waals surface area contributed by atoms with E-state index in [4.69, 9.17) is 0 Å². The number of anilines is 2. The van der Waals surface area contributed by atoms with Crippen molar-refractivity contribution in [3.63, 3.8) is 0 Å². The summed E-state index contributed by atoms with van der Waals surface area (Å²) in [6.07, 6.45) is 4.07. The fourth-order valence-electron chi connectivity index (χ4n) is 3.14. The summed E-state index contributed by atoms with van der Waals surface area (Å²) in [6, 6.07) is 13.0. The number of carbonyl (C=O) groups excluding carboxylic acids is 2. The van der Waals surface area contributed by atoms with Crippen LogP contribution in [0.1, 0.15) is 12.8 Å². The zero-order valence-electron chi connectivity index (χ0n) is 16.4. The summed E-state index contributed by atoms with van der Waals surface area (Å²) in [5, 5.41) is 11.2. The van der Waals surface area contributed by atoms with Crippen LogP contribution >= 0.6 is 0 Å². The van der Waals surface area contributed by atoms with E-state index in [9.17, 15) is 18.0 Å². The summed E-state index contributed by atoms with van der Waals surface area (Å²) in [4.78, 5) is 24.7. The largest absolute Gasteiger partial charge is 0.367 e. The van der Waals surface area contributed by atoms with E-state index in [0.29, 0.717) is 23.9 Å². The van der Waals surface area contributed by atoms with Gasteiger partial charge in [-0.3, -0.25) is 14.5 Å². The molecule has 0 unspecified atom stereocenters. The number of nitrogens with zero attached hydrogens (tertiary/aromatic N) is 4. The molecular weight excluding hydrogens is 420 g/mol. The van der Waals surface area contributed by atoms with Gasteiger partial charge in [-0.1, -0.05) is 0 Å². The van der Waals surface area contributed by atoms with Gasteiger partial charge in [-0.2, -0.15) is 0 Å². The van der Waals surface area contributed by atoms with Crippen LogP contribution in [-0.4, -0.2) is 48.1 Å². The second-order valence-corrected chi connectivity index (χ2v) is 8.58. The van der Waals surface area contributed by atoms with Gasteiger partial charge in [-0.05, 0) is 48.5 Å². The summed E-state index contributed by atoms with van der Waals surface area (Å²) < 4.78 is 29.2. The second-order valence-electron chi connectivity index (χ2n) is 6.81. The lowest BCUT2D eigenvalue weighted by molar-refractivity contribution is -0.121. The molecule has 1 saturated heterocycles. The molecule has 0 radical (unpaired) electrons. The highest BCUT2D eigenvalue weighted by atomic mass is 32.2. The fourth-order valence-corrected chi connectivity index (χ4v) is 4.17. The first kappa shape index (κ1) is 20.7. The van der Waals surface area contributed by atoms with Crippen LogP contribution in [0.3, 0.4) is 0 Å². The first-order chi connectivity index (χ1) is 14.9. The first-order valence-electron chi connectivity index (χ1n) is 9.60. The number of aromatic nitrogens is 3. The third-order valence-corrected chi connectivity index (χ3v) is 6.18. The van der Waals surface area contributed by atoms with Crippen molar-refractivity contribution in [1.29, 1.82) is 0 Å². The quantitative estimate of drug-likeness (QED) is 0.399. The molecule has 2 N–H and O–H groups in total. The molecule has 2 aromatic heterocycles. The van der Waals surface area contributed by atoms with Crippen molar-refractivity contribution in [2.75, 3.05) is 23.3 Å². The average Bonchev–Trinajstić information content (AvgIpc) is 3.42. The van der Waals surface area contributed by atoms with E-state index in [-0.39, 0.29) is 36.1 Å². The Labute approximate surface area is 178 Å². The summed E-state index contributed by atoms with van der Waals surface area (Å²) in [7, 11) is -3.74. The maximum atomic E-state index is 12.5. The number of hydrogen-bond donors (Lipinski definition) is 2. The highest BCUT2D eigenvalue weighted by molar-refractivity contribution is 7.89. The van der Waals surface area contributed by atoms with Gasteiger partial charge < -0.3 is 9.88 Å². The lowest BCUT2D eigenvalue weighted by Gasteiger charge is -2.14. The van der Waals surface area contributed by atoms with Crippen LogP contribution < -0.4 is 14.9 Å². The predicted octanol–water partition coefficient (Wildman–Crippen LogP) is 1.31. The Balaban J connectivity index is 1.30. The molecule has 3 heterocycles. The number of hydrogen-bond acceptors (Lipinski definition) is 7. The zero-order chi connectivity index (χ0) is 21.8. The van der Waals surface area contributed by atoms with Crippen molar-refractivity contribution < 1.29 is 18.0 Å². The number of nitrogens with one attached hydrogen (secondary N) is 2. The SMILES string of the molecule is O=C1CCC(=O)N1c1ccc(S(=O)(=O)NCCNc2ccc(-n3cccc3)nn2)cc1. The van der Waals surface area contributed by atoms with Gasteiger partial charge in [-0.25, -0.2) is 13.1 Å². The van der Waals surface area contributed by atoms with Crippen LogP contribution in [0.5, 0.6) is 0 Å². The molecule has 31 heavy (non-hydrogen) atoms. The monoisotopic (exact) mass is 440 g/mol. The molecule has 0 atom stereocenters. The summed E-state index contributed by atoms with van der Waals surface area (Å²) in [6.45, 7) is 0.444. The Morgan fingerprint density at radius 1 is 0.871 bits per heavy atom. The molecule has 160 valence electrons. The molecule has 1 fully saturated rings. The van der Waals surface area contributed by atoms with Crippen LogP contribution in [0.25, 0.3) is 5.82 Å². The van der Waals surface area contributed by atoms with Gasteiger partial charge in [-0.15, -0.1) is 10.2 Å². The molecule has 10 nitrogen and oxygen atoms in total. The lowest BCUT2D eigenvalue weighted by atomic mass is 10.3. The van der Waals surface area contributed by atoms with Crippen molar-refractivity contribution in [3.8, 4) is 5.82 Å². The molecular formula is C20H20N6O4S. The molecule has 1 aliphatic heterocycles. The standard InChI is InChI=1S/C20H20N6O4S/c27-19-9-10-20(28)26(19)15-3-5-16(6-4-15)31(29,30)22-12-11-21-17-7-8-18(24-23-17)25-13-1-2-14-25/h1-8,13-14,22H,9-12H2,(H,21,23). The Hall–Kier alpha value is -3.57. The smallest absolute Gasteiger partial charge is 0.240 e.